The Morgan fingerprint density at radius 2 is 0.765 bits per heavy atom. The summed E-state index contributed by atoms with van der Waals surface area (Å²) in [4.78, 5) is 23.1. The molecule has 8 nitrogen and oxygen atoms in total. The van der Waals surface area contributed by atoms with Gasteiger partial charge in [-0.05, 0) is 38.5 Å². The van der Waals surface area contributed by atoms with Crippen LogP contribution >= 0.6 is 7.82 Å². The minimum absolute atomic E-state index is 0.0930. The first-order valence-corrected chi connectivity index (χ1v) is 31.4. The first-order chi connectivity index (χ1) is 33.1. The van der Waals surface area contributed by atoms with E-state index in [4.69, 9.17) is 18.5 Å². The average Bonchev–Trinajstić information content (AvgIpc) is 3.30. The zero-order valence-electron chi connectivity index (χ0n) is 46.4. The van der Waals surface area contributed by atoms with E-state index in [0.29, 0.717) is 24.1 Å². The minimum Gasteiger partial charge on any atom is -0.457 e. The topological polar surface area (TPSA) is 91.3 Å². The van der Waals surface area contributed by atoms with E-state index in [9.17, 15) is 14.3 Å². The van der Waals surface area contributed by atoms with Gasteiger partial charge in [0.15, 0.2) is 0 Å². The van der Waals surface area contributed by atoms with Crippen LogP contribution in [0.2, 0.25) is 0 Å². The second-order valence-corrected chi connectivity index (χ2v) is 23.2. The molecule has 0 fully saturated rings. The molecule has 0 aromatic carbocycles. The van der Waals surface area contributed by atoms with E-state index >= 15 is 0 Å². The molecule has 0 radical (unpaired) electrons. The fourth-order valence-electron chi connectivity index (χ4n) is 8.96. The Labute approximate surface area is 424 Å². The normalized spacial score (nSPS) is 13.4. The lowest BCUT2D eigenvalue weighted by Crippen LogP contribution is -2.37. The van der Waals surface area contributed by atoms with Gasteiger partial charge in [0.1, 0.15) is 19.3 Å². The summed E-state index contributed by atoms with van der Waals surface area (Å²) in [6.07, 6.45) is 62.8. The molecule has 406 valence electrons. The molecule has 0 aliphatic heterocycles. The number of nitrogens with zero attached hydrogens (tertiary/aromatic N) is 1. The lowest BCUT2D eigenvalue weighted by Gasteiger charge is -2.24. The van der Waals surface area contributed by atoms with E-state index in [2.05, 4.69) is 26.0 Å². The summed E-state index contributed by atoms with van der Waals surface area (Å²) < 4.78 is 35.3. The molecule has 0 bridgehead atoms. The van der Waals surface area contributed by atoms with E-state index < -0.39 is 13.9 Å². The SMILES string of the molecule is CCCCCCCCCC/C=C\CCCCCCCCCCCCCCCCOCC(COP(=O)(O)OCC[N+](C)(C)C)OC(=O)CCCCCCCCCCCCCCCCCCCCCC. The molecule has 9 heteroatoms. The Morgan fingerprint density at radius 3 is 1.12 bits per heavy atom. The molecule has 0 aliphatic carbocycles. The fourth-order valence-corrected chi connectivity index (χ4v) is 9.71. The van der Waals surface area contributed by atoms with Crippen LogP contribution in [0, 0.1) is 0 Å². The largest absolute Gasteiger partial charge is 0.472 e. The number of allylic oxidation sites excluding steroid dienone is 2. The Hall–Kier alpha value is -0.760. The van der Waals surface area contributed by atoms with Gasteiger partial charge >= 0.3 is 13.8 Å². The fraction of sp³-hybridized carbons (Fsp3) is 0.949. The van der Waals surface area contributed by atoms with Gasteiger partial charge in [-0.15, -0.1) is 0 Å². The van der Waals surface area contributed by atoms with Crippen molar-refractivity contribution < 1.29 is 37.3 Å². The van der Waals surface area contributed by atoms with Crippen LogP contribution < -0.4 is 0 Å². The number of phosphoric acid groups is 1. The van der Waals surface area contributed by atoms with Gasteiger partial charge in [-0.3, -0.25) is 13.8 Å². The summed E-state index contributed by atoms with van der Waals surface area (Å²) in [5.41, 5.74) is 0. The number of likely N-dealkylation sites (N-methyl/N-ethyl adjacent to an activating group) is 1. The molecule has 0 saturated heterocycles. The van der Waals surface area contributed by atoms with Crippen LogP contribution in [0.15, 0.2) is 12.2 Å². The Morgan fingerprint density at radius 1 is 0.441 bits per heavy atom. The van der Waals surface area contributed by atoms with Crippen molar-refractivity contribution in [1.82, 2.24) is 0 Å². The third-order valence-corrected chi connectivity index (χ3v) is 14.6. The Balaban J connectivity index is 3.99. The number of carbonyl (C=O) groups excluding carboxylic acids is 1. The van der Waals surface area contributed by atoms with Crippen molar-refractivity contribution >= 4 is 13.8 Å². The third kappa shape index (κ3) is 56.2. The molecule has 0 saturated carbocycles. The van der Waals surface area contributed by atoms with Crippen molar-refractivity contribution in [3.05, 3.63) is 12.2 Å². The second kappa shape index (κ2) is 52.6. The number of rotatable bonds is 57. The lowest BCUT2D eigenvalue weighted by atomic mass is 10.0. The number of hydrogen-bond donors (Lipinski definition) is 1. The second-order valence-electron chi connectivity index (χ2n) is 21.7. The maximum absolute atomic E-state index is 12.8. The molecule has 0 heterocycles. The van der Waals surface area contributed by atoms with Gasteiger partial charge in [-0.2, -0.15) is 0 Å². The molecule has 1 N–H and O–H groups in total. The zero-order chi connectivity index (χ0) is 49.8. The lowest BCUT2D eigenvalue weighted by molar-refractivity contribution is -0.870. The van der Waals surface area contributed by atoms with Crippen molar-refractivity contribution in [3.63, 3.8) is 0 Å². The van der Waals surface area contributed by atoms with Gasteiger partial charge in [0.2, 0.25) is 0 Å². The molecule has 0 spiro atoms. The Kier molecular flexibility index (Phi) is 52.0. The Bertz CT molecular complexity index is 1100. The van der Waals surface area contributed by atoms with Crippen LogP contribution in [0.4, 0.5) is 0 Å². The van der Waals surface area contributed by atoms with Gasteiger partial charge in [0.05, 0.1) is 34.4 Å². The van der Waals surface area contributed by atoms with Crippen LogP contribution in [0.3, 0.4) is 0 Å². The molecule has 68 heavy (non-hydrogen) atoms. The van der Waals surface area contributed by atoms with E-state index in [1.54, 1.807) is 0 Å². The number of esters is 1. The highest BCUT2D eigenvalue weighted by atomic mass is 31.2. The van der Waals surface area contributed by atoms with Gasteiger partial charge in [0.25, 0.3) is 0 Å². The van der Waals surface area contributed by atoms with E-state index in [1.165, 1.54) is 250 Å². The number of ether oxygens (including phenoxy) is 2. The summed E-state index contributed by atoms with van der Waals surface area (Å²) in [6.45, 7) is 5.71. The monoisotopic (exact) mass is 985 g/mol. The first-order valence-electron chi connectivity index (χ1n) is 29.9. The number of hydrogen-bond acceptors (Lipinski definition) is 6. The molecule has 0 amide bonds. The summed E-state index contributed by atoms with van der Waals surface area (Å²) in [5, 5.41) is 0. The quantitative estimate of drug-likeness (QED) is 0.0213. The maximum atomic E-state index is 12.8. The molecular weight excluding hydrogens is 866 g/mol. The van der Waals surface area contributed by atoms with Gasteiger partial charge in [0, 0.05) is 13.0 Å². The van der Waals surface area contributed by atoms with Gasteiger partial charge in [-0.25, -0.2) is 4.57 Å². The van der Waals surface area contributed by atoms with Crippen LogP contribution in [0.5, 0.6) is 0 Å². The molecule has 0 aliphatic rings. The highest BCUT2D eigenvalue weighted by Gasteiger charge is 2.26. The van der Waals surface area contributed by atoms with Crippen molar-refractivity contribution in [3.8, 4) is 0 Å². The molecule has 0 aromatic heterocycles. The standard InChI is InChI=1S/C59H118NO7P/c1-6-8-10-12-14-16-18-20-22-24-26-28-29-30-31-32-33-35-37-39-41-43-45-47-49-51-54-64-56-58(57-66-68(62,63)65-55-53-60(3,4)5)67-59(61)52-50-48-46-44-42-40-38-36-34-27-25-23-21-19-17-15-13-11-9-7-2/h24,26,58H,6-23,25,27-57H2,1-5H3/p+1/b26-24-. The van der Waals surface area contributed by atoms with Gasteiger partial charge in [-0.1, -0.05) is 270 Å². The maximum Gasteiger partial charge on any atom is 0.472 e. The van der Waals surface area contributed by atoms with Crippen LogP contribution in [0.25, 0.3) is 0 Å². The molecule has 0 aromatic rings. The summed E-state index contributed by atoms with van der Waals surface area (Å²) in [6, 6.07) is 0. The van der Waals surface area contributed by atoms with E-state index in [0.717, 1.165) is 32.1 Å². The first kappa shape index (κ1) is 67.2. The average molecular weight is 986 g/mol. The molecule has 2 unspecified atom stereocenters. The number of phosphoric ester groups is 1. The zero-order valence-corrected chi connectivity index (χ0v) is 47.3. The van der Waals surface area contributed by atoms with Crippen molar-refractivity contribution in [2.75, 3.05) is 54.1 Å². The van der Waals surface area contributed by atoms with Crippen LogP contribution in [-0.4, -0.2) is 75.6 Å². The number of carbonyl (C=O) groups is 1. The highest BCUT2D eigenvalue weighted by molar-refractivity contribution is 7.47. The summed E-state index contributed by atoms with van der Waals surface area (Å²) >= 11 is 0. The molecule has 0 rings (SSSR count). The molecule has 2 atom stereocenters. The highest BCUT2D eigenvalue weighted by Crippen LogP contribution is 2.43. The predicted octanol–water partition coefficient (Wildman–Crippen LogP) is 18.9. The predicted molar refractivity (Wildman–Crippen MR) is 294 cm³/mol. The molecular formula is C59H119NO7P+. The minimum atomic E-state index is -4.28. The van der Waals surface area contributed by atoms with Gasteiger partial charge < -0.3 is 18.9 Å². The van der Waals surface area contributed by atoms with E-state index in [1.807, 2.05) is 21.1 Å². The van der Waals surface area contributed by atoms with E-state index in [-0.39, 0.29) is 25.8 Å². The number of unbranched alkanes of at least 4 members (excludes halogenated alkanes) is 41. The van der Waals surface area contributed by atoms with Crippen molar-refractivity contribution in [2.24, 2.45) is 0 Å². The number of quaternary nitrogens is 1. The summed E-state index contributed by atoms with van der Waals surface area (Å²) in [5.74, 6) is -0.304. The smallest absolute Gasteiger partial charge is 0.457 e. The van der Waals surface area contributed by atoms with Crippen molar-refractivity contribution in [1.29, 1.82) is 0 Å². The van der Waals surface area contributed by atoms with Crippen LogP contribution in [-0.2, 0) is 27.9 Å². The third-order valence-electron chi connectivity index (χ3n) is 13.6. The summed E-state index contributed by atoms with van der Waals surface area (Å²) in [7, 11) is 1.69. The van der Waals surface area contributed by atoms with Crippen molar-refractivity contribution in [2.45, 2.75) is 309 Å². The van der Waals surface area contributed by atoms with Crippen LogP contribution in [0.1, 0.15) is 303 Å².